The van der Waals surface area contributed by atoms with Crippen molar-refractivity contribution in [1.82, 2.24) is 10.1 Å². The lowest BCUT2D eigenvalue weighted by atomic mass is 10.1. The molecule has 1 amide bonds. The van der Waals surface area contributed by atoms with Crippen LogP contribution in [0.2, 0.25) is 0 Å². The van der Waals surface area contributed by atoms with Gasteiger partial charge >= 0.3 is 0 Å². The Hall–Kier alpha value is -2.08. The van der Waals surface area contributed by atoms with Crippen LogP contribution in [0.25, 0.3) is 0 Å². The molecule has 22 heavy (non-hydrogen) atoms. The first-order chi connectivity index (χ1) is 10.8. The molecule has 2 aromatic heterocycles. The van der Waals surface area contributed by atoms with Crippen molar-refractivity contribution in [1.29, 1.82) is 0 Å². The summed E-state index contributed by atoms with van der Waals surface area (Å²) in [4.78, 5) is 14.2. The molecule has 1 aliphatic carbocycles. The zero-order chi connectivity index (χ0) is 14.9. The highest BCUT2D eigenvalue weighted by molar-refractivity contribution is 5.93. The van der Waals surface area contributed by atoms with E-state index in [9.17, 15) is 4.79 Å². The smallest absolute Gasteiger partial charge is 0.257 e. The molecule has 0 radical (unpaired) electrons. The zero-order valence-corrected chi connectivity index (χ0v) is 12.3. The van der Waals surface area contributed by atoms with Crippen molar-refractivity contribution >= 4 is 5.91 Å². The van der Waals surface area contributed by atoms with Crippen molar-refractivity contribution in [2.24, 2.45) is 5.92 Å². The third-order valence-corrected chi connectivity index (χ3v) is 4.25. The first-order valence-electron chi connectivity index (χ1n) is 7.67. The van der Waals surface area contributed by atoms with E-state index in [4.69, 9.17) is 13.7 Å². The third-order valence-electron chi connectivity index (χ3n) is 4.25. The molecule has 4 rings (SSSR count). The van der Waals surface area contributed by atoms with Crippen molar-refractivity contribution in [2.75, 3.05) is 13.2 Å². The number of aromatic nitrogens is 1. The van der Waals surface area contributed by atoms with Crippen LogP contribution in [-0.2, 0) is 24.3 Å². The highest BCUT2D eigenvalue weighted by Crippen LogP contribution is 2.30. The maximum absolute atomic E-state index is 12.4. The highest BCUT2D eigenvalue weighted by Gasteiger charge is 2.28. The van der Waals surface area contributed by atoms with Crippen molar-refractivity contribution < 1.29 is 18.5 Å². The summed E-state index contributed by atoms with van der Waals surface area (Å²) in [5.41, 5.74) is 2.39. The van der Waals surface area contributed by atoms with Gasteiger partial charge in [0.15, 0.2) is 0 Å². The van der Waals surface area contributed by atoms with Crippen LogP contribution in [0.4, 0.5) is 0 Å². The first kappa shape index (κ1) is 13.6. The number of furan rings is 1. The summed E-state index contributed by atoms with van der Waals surface area (Å²) in [5, 5.41) is 4.12. The predicted octanol–water partition coefficient (Wildman–Crippen LogP) is 2.39. The second-order valence-electron chi connectivity index (χ2n) is 5.98. The number of hydrogen-bond donors (Lipinski definition) is 0. The van der Waals surface area contributed by atoms with E-state index in [0.29, 0.717) is 31.7 Å². The van der Waals surface area contributed by atoms with Gasteiger partial charge in [-0.2, -0.15) is 0 Å². The summed E-state index contributed by atoms with van der Waals surface area (Å²) in [6.07, 6.45) is 6.21. The molecule has 1 fully saturated rings. The lowest BCUT2D eigenvalue weighted by molar-refractivity contribution is 0.0725. The Bertz CT molecular complexity index is 658. The van der Waals surface area contributed by atoms with Crippen molar-refractivity contribution in [3.8, 4) is 0 Å². The molecule has 2 aromatic rings. The molecule has 1 saturated carbocycles. The maximum Gasteiger partial charge on any atom is 0.257 e. The molecule has 0 atom stereocenters. The molecular weight excluding hydrogens is 284 g/mol. The van der Waals surface area contributed by atoms with Gasteiger partial charge in [0.2, 0.25) is 0 Å². The van der Waals surface area contributed by atoms with Gasteiger partial charge in [0.1, 0.15) is 17.7 Å². The van der Waals surface area contributed by atoms with Crippen LogP contribution in [-0.4, -0.2) is 29.1 Å². The van der Waals surface area contributed by atoms with Gasteiger partial charge < -0.3 is 18.6 Å². The topological polar surface area (TPSA) is 68.7 Å². The molecule has 0 aromatic carbocycles. The van der Waals surface area contributed by atoms with Crippen LogP contribution in [0.15, 0.2) is 27.5 Å². The van der Waals surface area contributed by atoms with Gasteiger partial charge in [0.25, 0.3) is 5.91 Å². The van der Waals surface area contributed by atoms with Crippen molar-refractivity contribution in [3.05, 3.63) is 41.2 Å². The van der Waals surface area contributed by atoms with Crippen molar-refractivity contribution in [3.63, 3.8) is 0 Å². The normalized spacial score (nSPS) is 17.5. The summed E-state index contributed by atoms with van der Waals surface area (Å²) in [7, 11) is 0. The standard InChI is InChI=1S/C16H18N2O4/c19-16(12-4-6-20-9-12)18-5-3-15-13(7-18)14(17-22-15)10-21-8-11-1-2-11/h4,6,9,11H,1-3,5,7-8,10H2. The average Bonchev–Trinajstić information content (AvgIpc) is 3.05. The Labute approximate surface area is 128 Å². The molecule has 0 unspecified atom stereocenters. The molecule has 0 bridgehead atoms. The molecule has 0 N–H and O–H groups in total. The Balaban J connectivity index is 1.44. The van der Waals surface area contributed by atoms with E-state index in [2.05, 4.69) is 5.16 Å². The molecule has 1 aliphatic heterocycles. The molecule has 2 aliphatic rings. The second-order valence-corrected chi connectivity index (χ2v) is 5.98. The molecule has 116 valence electrons. The van der Waals surface area contributed by atoms with Gasteiger partial charge in [0.05, 0.1) is 25.0 Å². The van der Waals surface area contributed by atoms with Crippen LogP contribution >= 0.6 is 0 Å². The summed E-state index contributed by atoms with van der Waals surface area (Å²) < 4.78 is 16.1. The third kappa shape index (κ3) is 2.66. The van der Waals surface area contributed by atoms with E-state index in [0.717, 1.165) is 29.5 Å². The van der Waals surface area contributed by atoms with Crippen LogP contribution in [0.3, 0.4) is 0 Å². The van der Waals surface area contributed by atoms with Gasteiger partial charge in [-0.3, -0.25) is 4.79 Å². The molecule has 0 spiro atoms. The van der Waals surface area contributed by atoms with Crippen LogP contribution in [0.1, 0.15) is 40.2 Å². The fraction of sp³-hybridized carbons (Fsp3) is 0.500. The van der Waals surface area contributed by atoms with E-state index in [-0.39, 0.29) is 5.91 Å². The number of hydrogen-bond acceptors (Lipinski definition) is 5. The molecule has 0 saturated heterocycles. The Kier molecular flexibility index (Phi) is 3.46. The van der Waals surface area contributed by atoms with E-state index in [1.165, 1.54) is 25.4 Å². The minimum atomic E-state index is -0.0227. The number of nitrogens with zero attached hydrogens (tertiary/aromatic N) is 2. The van der Waals surface area contributed by atoms with E-state index >= 15 is 0 Å². The van der Waals surface area contributed by atoms with Gasteiger partial charge in [-0.25, -0.2) is 0 Å². The Morgan fingerprint density at radius 2 is 2.36 bits per heavy atom. The fourth-order valence-electron chi connectivity index (χ4n) is 2.73. The number of amides is 1. The maximum atomic E-state index is 12.4. The second kappa shape index (κ2) is 5.61. The summed E-state index contributed by atoms with van der Waals surface area (Å²) >= 11 is 0. The number of carbonyl (C=O) groups excluding carboxylic acids is 1. The molecular formula is C16H18N2O4. The molecule has 3 heterocycles. The lowest BCUT2D eigenvalue weighted by Gasteiger charge is -2.25. The molecule has 6 heteroatoms. The summed E-state index contributed by atoms with van der Waals surface area (Å²) in [5.74, 6) is 1.58. The first-order valence-corrected chi connectivity index (χ1v) is 7.67. The van der Waals surface area contributed by atoms with Gasteiger partial charge in [-0.05, 0) is 24.8 Å². The van der Waals surface area contributed by atoms with E-state index < -0.39 is 0 Å². The van der Waals surface area contributed by atoms with Gasteiger partial charge in [0, 0.05) is 25.1 Å². The number of carbonyl (C=O) groups is 1. The quantitative estimate of drug-likeness (QED) is 0.848. The highest BCUT2D eigenvalue weighted by atomic mass is 16.5. The predicted molar refractivity (Wildman–Crippen MR) is 76.0 cm³/mol. The zero-order valence-electron chi connectivity index (χ0n) is 12.3. The van der Waals surface area contributed by atoms with Crippen molar-refractivity contribution in [2.45, 2.75) is 32.4 Å². The largest absolute Gasteiger partial charge is 0.472 e. The van der Waals surface area contributed by atoms with E-state index in [1.54, 1.807) is 11.0 Å². The number of fused-ring (bicyclic) bond motifs is 1. The van der Waals surface area contributed by atoms with Crippen LogP contribution < -0.4 is 0 Å². The van der Waals surface area contributed by atoms with Gasteiger partial charge in [-0.15, -0.1) is 0 Å². The van der Waals surface area contributed by atoms with Crippen LogP contribution in [0, 0.1) is 5.92 Å². The number of rotatable bonds is 5. The van der Waals surface area contributed by atoms with E-state index in [1.807, 2.05) is 0 Å². The summed E-state index contributed by atoms with van der Waals surface area (Å²) in [6, 6.07) is 1.69. The fourth-order valence-corrected chi connectivity index (χ4v) is 2.73. The molecule has 6 nitrogen and oxygen atoms in total. The minimum Gasteiger partial charge on any atom is -0.472 e. The Morgan fingerprint density at radius 1 is 1.45 bits per heavy atom. The SMILES string of the molecule is O=C(c1ccoc1)N1CCc2onc(COCC3CC3)c2C1. The van der Waals surface area contributed by atoms with Gasteiger partial charge in [-0.1, -0.05) is 5.16 Å². The minimum absolute atomic E-state index is 0.0227. The number of ether oxygens (including phenoxy) is 1. The lowest BCUT2D eigenvalue weighted by Crippen LogP contribution is -2.35. The Morgan fingerprint density at radius 3 is 3.14 bits per heavy atom. The van der Waals surface area contributed by atoms with Crippen LogP contribution in [0.5, 0.6) is 0 Å². The monoisotopic (exact) mass is 302 g/mol. The average molecular weight is 302 g/mol. The summed E-state index contributed by atoms with van der Waals surface area (Å²) in [6.45, 7) is 2.40.